The predicted octanol–water partition coefficient (Wildman–Crippen LogP) is 4.10. The van der Waals surface area contributed by atoms with Crippen LogP contribution in [0.3, 0.4) is 0 Å². The first kappa shape index (κ1) is 14.3. The fraction of sp³-hybridized carbons (Fsp3) is 0.294. The number of methoxy groups -OCH3 is 1. The Labute approximate surface area is 132 Å². The average molecular weight is 346 g/mol. The lowest BCUT2D eigenvalue weighted by Gasteiger charge is -2.25. The Bertz CT molecular complexity index is 667. The van der Waals surface area contributed by atoms with E-state index in [-0.39, 0.29) is 5.97 Å². The zero-order valence-electron chi connectivity index (χ0n) is 11.8. The molecular formula is C17H16BrNO2. The highest BCUT2D eigenvalue weighted by Gasteiger charge is 2.23. The first-order valence-electron chi connectivity index (χ1n) is 7.01. The van der Waals surface area contributed by atoms with Gasteiger partial charge in [-0.1, -0.05) is 6.07 Å². The van der Waals surface area contributed by atoms with Crippen LogP contribution in [-0.4, -0.2) is 18.1 Å². The van der Waals surface area contributed by atoms with Gasteiger partial charge in [-0.3, -0.25) is 4.98 Å². The second-order valence-electron chi connectivity index (χ2n) is 5.25. The molecule has 1 heterocycles. The van der Waals surface area contributed by atoms with Crippen molar-refractivity contribution < 1.29 is 9.53 Å². The zero-order chi connectivity index (χ0) is 14.8. The van der Waals surface area contributed by atoms with Gasteiger partial charge in [0, 0.05) is 22.3 Å². The minimum absolute atomic E-state index is 0.276. The topological polar surface area (TPSA) is 39.2 Å². The molecule has 2 aromatic rings. The van der Waals surface area contributed by atoms with E-state index in [0.717, 1.165) is 29.4 Å². The lowest BCUT2D eigenvalue weighted by Crippen LogP contribution is -2.13. The number of pyridine rings is 1. The summed E-state index contributed by atoms with van der Waals surface area (Å²) in [6, 6.07) is 9.96. The van der Waals surface area contributed by atoms with E-state index in [0.29, 0.717) is 11.5 Å². The molecule has 0 aliphatic heterocycles. The highest BCUT2D eigenvalue weighted by molar-refractivity contribution is 9.10. The third-order valence-corrected chi connectivity index (χ3v) is 4.45. The number of halogens is 1. The third kappa shape index (κ3) is 2.86. The van der Waals surface area contributed by atoms with Crippen molar-refractivity contribution in [3.05, 3.63) is 63.4 Å². The van der Waals surface area contributed by atoms with Crippen molar-refractivity contribution in [3.8, 4) is 0 Å². The number of esters is 1. The Balaban J connectivity index is 1.98. The molecule has 21 heavy (non-hydrogen) atoms. The number of nitrogens with zero attached hydrogens (tertiary/aromatic N) is 1. The number of aromatic nitrogens is 1. The van der Waals surface area contributed by atoms with Crippen LogP contribution in [0, 0.1) is 0 Å². The lowest BCUT2D eigenvalue weighted by molar-refractivity contribution is 0.0600. The molecule has 0 spiro atoms. The van der Waals surface area contributed by atoms with E-state index in [1.165, 1.54) is 18.2 Å². The van der Waals surface area contributed by atoms with E-state index in [4.69, 9.17) is 4.74 Å². The van der Waals surface area contributed by atoms with Gasteiger partial charge >= 0.3 is 5.97 Å². The number of carbonyl (C=O) groups is 1. The Morgan fingerprint density at radius 2 is 2.19 bits per heavy atom. The quantitative estimate of drug-likeness (QED) is 0.769. The number of carbonyl (C=O) groups excluding carboxylic acids is 1. The van der Waals surface area contributed by atoms with Crippen molar-refractivity contribution in [1.82, 2.24) is 4.98 Å². The molecule has 108 valence electrons. The molecule has 0 radical (unpaired) electrons. The molecule has 3 rings (SSSR count). The molecule has 0 fully saturated rings. The molecular weight excluding hydrogens is 330 g/mol. The van der Waals surface area contributed by atoms with Crippen molar-refractivity contribution in [2.24, 2.45) is 0 Å². The van der Waals surface area contributed by atoms with Crippen molar-refractivity contribution in [2.75, 3.05) is 7.11 Å². The molecule has 0 bridgehead atoms. The van der Waals surface area contributed by atoms with Gasteiger partial charge in [0.05, 0.1) is 12.7 Å². The maximum absolute atomic E-state index is 11.6. The maximum Gasteiger partial charge on any atom is 0.337 e. The summed E-state index contributed by atoms with van der Waals surface area (Å²) in [7, 11) is 1.41. The van der Waals surface area contributed by atoms with Crippen LogP contribution < -0.4 is 0 Å². The Morgan fingerprint density at radius 1 is 1.33 bits per heavy atom. The molecule has 0 amide bonds. The van der Waals surface area contributed by atoms with Crippen LogP contribution in [-0.2, 0) is 11.2 Å². The largest absolute Gasteiger partial charge is 0.465 e. The summed E-state index contributed by atoms with van der Waals surface area (Å²) < 4.78 is 5.78. The normalized spacial score (nSPS) is 17.1. The van der Waals surface area contributed by atoms with Crippen LogP contribution in [0.25, 0.3) is 0 Å². The summed E-state index contributed by atoms with van der Waals surface area (Å²) in [5, 5.41) is 0. The number of ether oxygens (including phenoxy) is 1. The van der Waals surface area contributed by atoms with E-state index in [1.807, 2.05) is 24.4 Å². The number of hydrogen-bond donors (Lipinski definition) is 0. The molecule has 1 aliphatic carbocycles. The molecule has 0 saturated carbocycles. The van der Waals surface area contributed by atoms with E-state index in [2.05, 4.69) is 33.0 Å². The van der Waals surface area contributed by atoms with Crippen molar-refractivity contribution in [2.45, 2.75) is 25.2 Å². The first-order valence-corrected chi connectivity index (χ1v) is 7.81. The monoisotopic (exact) mass is 345 g/mol. The van der Waals surface area contributed by atoms with Crippen LogP contribution in [0.1, 0.15) is 45.9 Å². The van der Waals surface area contributed by atoms with Gasteiger partial charge in [-0.2, -0.15) is 0 Å². The van der Waals surface area contributed by atoms with Crippen LogP contribution >= 0.6 is 15.9 Å². The summed E-state index contributed by atoms with van der Waals surface area (Å²) in [6.45, 7) is 0. The van der Waals surface area contributed by atoms with Gasteiger partial charge in [0.25, 0.3) is 0 Å². The summed E-state index contributed by atoms with van der Waals surface area (Å²) >= 11 is 3.42. The van der Waals surface area contributed by atoms with Crippen molar-refractivity contribution in [3.63, 3.8) is 0 Å². The third-order valence-electron chi connectivity index (χ3n) is 3.99. The smallest absolute Gasteiger partial charge is 0.337 e. The van der Waals surface area contributed by atoms with Crippen molar-refractivity contribution in [1.29, 1.82) is 0 Å². The molecule has 1 aliphatic rings. The van der Waals surface area contributed by atoms with E-state index in [9.17, 15) is 4.79 Å². The van der Waals surface area contributed by atoms with E-state index >= 15 is 0 Å². The fourth-order valence-electron chi connectivity index (χ4n) is 2.96. The maximum atomic E-state index is 11.6. The summed E-state index contributed by atoms with van der Waals surface area (Å²) in [4.78, 5) is 16.2. The first-order chi connectivity index (χ1) is 10.2. The van der Waals surface area contributed by atoms with Crippen LogP contribution in [0.15, 0.2) is 41.0 Å². The fourth-order valence-corrected chi connectivity index (χ4v) is 3.19. The lowest BCUT2D eigenvalue weighted by atomic mass is 9.80. The van der Waals surface area contributed by atoms with Crippen LogP contribution in [0.2, 0.25) is 0 Å². The number of aryl methyl sites for hydroxylation is 1. The predicted molar refractivity (Wildman–Crippen MR) is 84.5 cm³/mol. The molecule has 4 heteroatoms. The van der Waals surface area contributed by atoms with Gasteiger partial charge in [-0.15, -0.1) is 0 Å². The van der Waals surface area contributed by atoms with E-state index in [1.54, 1.807) is 0 Å². The number of hydrogen-bond acceptors (Lipinski definition) is 3. The van der Waals surface area contributed by atoms with Crippen LogP contribution in [0.4, 0.5) is 0 Å². The summed E-state index contributed by atoms with van der Waals surface area (Å²) in [5.74, 6) is 0.0373. The number of rotatable bonds is 2. The van der Waals surface area contributed by atoms with Crippen LogP contribution in [0.5, 0.6) is 0 Å². The van der Waals surface area contributed by atoms with Gasteiger partial charge < -0.3 is 4.74 Å². The second kappa shape index (κ2) is 5.98. The zero-order valence-corrected chi connectivity index (χ0v) is 13.4. The van der Waals surface area contributed by atoms with Gasteiger partial charge in [-0.05, 0) is 70.6 Å². The highest BCUT2D eigenvalue weighted by atomic mass is 79.9. The number of fused-ring (bicyclic) bond motifs is 1. The number of benzene rings is 1. The molecule has 1 aromatic heterocycles. The van der Waals surface area contributed by atoms with Gasteiger partial charge in [0.15, 0.2) is 0 Å². The molecule has 1 aromatic carbocycles. The Kier molecular flexibility index (Phi) is 4.06. The van der Waals surface area contributed by atoms with Gasteiger partial charge in [-0.25, -0.2) is 4.79 Å². The molecule has 1 atom stereocenters. The summed E-state index contributed by atoms with van der Waals surface area (Å²) in [5.41, 5.74) is 4.23. The average Bonchev–Trinajstić information content (AvgIpc) is 2.54. The highest BCUT2D eigenvalue weighted by Crippen LogP contribution is 2.36. The molecule has 3 nitrogen and oxygen atoms in total. The Hall–Kier alpha value is -1.68. The van der Waals surface area contributed by atoms with Crippen molar-refractivity contribution >= 4 is 21.9 Å². The minimum Gasteiger partial charge on any atom is -0.465 e. The SMILES string of the molecule is COC(=O)c1ccc2c(c1)CCCC2c1ccc(Br)cn1. The minimum atomic E-state index is -0.276. The van der Waals surface area contributed by atoms with Gasteiger partial charge in [0.1, 0.15) is 0 Å². The van der Waals surface area contributed by atoms with Gasteiger partial charge in [0.2, 0.25) is 0 Å². The standard InChI is InChI=1S/C17H16BrNO2/c1-21-17(20)12-5-7-14-11(9-12)3-2-4-15(14)16-8-6-13(18)10-19-16/h5-10,15H,2-4H2,1H3. The molecule has 1 unspecified atom stereocenters. The molecule has 0 N–H and O–H groups in total. The van der Waals surface area contributed by atoms with E-state index < -0.39 is 0 Å². The Morgan fingerprint density at radius 3 is 2.90 bits per heavy atom. The second-order valence-corrected chi connectivity index (χ2v) is 6.17. The summed E-state index contributed by atoms with van der Waals surface area (Å²) in [6.07, 6.45) is 5.05. The molecule has 0 saturated heterocycles.